The summed E-state index contributed by atoms with van der Waals surface area (Å²) in [7, 11) is 0. The molecule has 1 atom stereocenters. The highest BCUT2D eigenvalue weighted by atomic mass is 16.5. The molecular weight excluding hydrogens is 382 g/mol. The molecule has 0 unspecified atom stereocenters. The zero-order valence-electron chi connectivity index (χ0n) is 18.2. The lowest BCUT2D eigenvalue weighted by Crippen LogP contribution is -2.57. The van der Waals surface area contributed by atoms with E-state index in [4.69, 9.17) is 4.74 Å². The topological polar surface area (TPSA) is 86.3 Å². The maximum Gasteiger partial charge on any atom is 0.288 e. The summed E-state index contributed by atoms with van der Waals surface area (Å²) in [6.45, 7) is 10.1. The Morgan fingerprint density at radius 2 is 1.87 bits per heavy atom. The molecular formula is C22H33N5O3. The average Bonchev–Trinajstić information content (AvgIpc) is 2.78. The van der Waals surface area contributed by atoms with Gasteiger partial charge in [-0.25, -0.2) is 5.01 Å². The average molecular weight is 416 g/mol. The minimum atomic E-state index is -0.288. The number of nitrogens with zero attached hydrogens (tertiary/aromatic N) is 3. The van der Waals surface area contributed by atoms with Crippen molar-refractivity contribution in [3.63, 3.8) is 0 Å². The second kappa shape index (κ2) is 10.5. The molecule has 2 heterocycles. The molecule has 2 amide bonds. The van der Waals surface area contributed by atoms with Crippen LogP contribution in [-0.2, 0) is 14.3 Å². The van der Waals surface area contributed by atoms with Gasteiger partial charge in [0.25, 0.3) is 11.8 Å². The molecule has 1 saturated heterocycles. The fourth-order valence-electron chi connectivity index (χ4n) is 4.06. The predicted octanol–water partition coefficient (Wildman–Crippen LogP) is 1.50. The lowest BCUT2D eigenvalue weighted by Gasteiger charge is -2.39. The van der Waals surface area contributed by atoms with E-state index in [0.717, 1.165) is 44.7 Å². The Kier molecular flexibility index (Phi) is 7.81. The van der Waals surface area contributed by atoms with Crippen LogP contribution >= 0.6 is 0 Å². The van der Waals surface area contributed by atoms with Crippen molar-refractivity contribution in [2.24, 2.45) is 10.9 Å². The Morgan fingerprint density at radius 1 is 1.20 bits per heavy atom. The van der Waals surface area contributed by atoms with Crippen LogP contribution < -0.4 is 15.8 Å². The summed E-state index contributed by atoms with van der Waals surface area (Å²) in [4.78, 5) is 31.7. The zero-order valence-corrected chi connectivity index (χ0v) is 18.2. The van der Waals surface area contributed by atoms with E-state index in [1.54, 1.807) is 0 Å². The van der Waals surface area contributed by atoms with Crippen molar-refractivity contribution in [2.75, 3.05) is 44.4 Å². The Morgan fingerprint density at radius 3 is 2.50 bits per heavy atom. The molecule has 3 rings (SSSR count). The standard InChI is InChI=1S/C22H33N5O3/c1-4-17(5-2)19(26-10-12-30-13-11-26)14-24-22(29)21-23-15-20(28)27(25-21)18-8-6-16(3)7-9-18/h6-9,17,19H,4-5,10-15H2,1-3H3,(H,23,25)(H,24,29)/t19-/m0/s1. The molecule has 0 aromatic heterocycles. The lowest BCUT2D eigenvalue weighted by molar-refractivity contribution is -0.118. The van der Waals surface area contributed by atoms with Crippen LogP contribution in [0.15, 0.2) is 29.3 Å². The normalized spacial score (nSPS) is 18.7. The number of hydrogen-bond donors (Lipinski definition) is 2. The largest absolute Gasteiger partial charge is 0.379 e. The molecule has 0 bridgehead atoms. The Bertz CT molecular complexity index is 755. The first-order valence-electron chi connectivity index (χ1n) is 10.8. The van der Waals surface area contributed by atoms with Crippen molar-refractivity contribution in [3.8, 4) is 0 Å². The number of nitrogens with one attached hydrogen (secondary N) is 2. The van der Waals surface area contributed by atoms with E-state index in [1.807, 2.05) is 31.2 Å². The van der Waals surface area contributed by atoms with E-state index in [-0.39, 0.29) is 30.2 Å². The van der Waals surface area contributed by atoms with Gasteiger partial charge in [-0.1, -0.05) is 44.4 Å². The molecule has 1 fully saturated rings. The van der Waals surface area contributed by atoms with Crippen molar-refractivity contribution in [1.29, 1.82) is 0 Å². The highest BCUT2D eigenvalue weighted by molar-refractivity contribution is 6.39. The van der Waals surface area contributed by atoms with Crippen molar-refractivity contribution in [1.82, 2.24) is 15.6 Å². The summed E-state index contributed by atoms with van der Waals surface area (Å²) in [6, 6.07) is 7.81. The predicted molar refractivity (Wildman–Crippen MR) is 117 cm³/mol. The van der Waals surface area contributed by atoms with Crippen molar-refractivity contribution in [2.45, 2.75) is 39.7 Å². The number of anilines is 1. The van der Waals surface area contributed by atoms with Gasteiger partial charge < -0.3 is 10.1 Å². The number of carbonyl (C=O) groups excluding carboxylic acids is 2. The van der Waals surface area contributed by atoms with Gasteiger partial charge in [-0.2, -0.15) is 0 Å². The molecule has 1 aromatic carbocycles. The molecule has 8 nitrogen and oxygen atoms in total. The second-order valence-electron chi connectivity index (χ2n) is 7.84. The summed E-state index contributed by atoms with van der Waals surface area (Å²) in [5.41, 5.74) is 4.68. The van der Waals surface area contributed by atoms with Gasteiger partial charge in [-0.05, 0) is 25.0 Å². The SMILES string of the molecule is CCC(CC)[C@H](CNC(=O)C1=NCC(=O)N(c2ccc(C)cc2)N1)N1CCOCC1. The van der Waals surface area contributed by atoms with Crippen LogP contribution in [0.4, 0.5) is 5.69 Å². The molecule has 2 aliphatic heterocycles. The Hall–Kier alpha value is -2.45. The molecule has 0 spiro atoms. The minimum absolute atomic E-state index is 0.0525. The Labute approximate surface area is 178 Å². The third-order valence-corrected chi connectivity index (χ3v) is 5.93. The smallest absolute Gasteiger partial charge is 0.288 e. The van der Waals surface area contributed by atoms with Gasteiger partial charge in [-0.15, -0.1) is 0 Å². The van der Waals surface area contributed by atoms with Gasteiger partial charge in [0, 0.05) is 25.7 Å². The highest BCUT2D eigenvalue weighted by Crippen LogP contribution is 2.20. The minimum Gasteiger partial charge on any atom is -0.379 e. The highest BCUT2D eigenvalue weighted by Gasteiger charge is 2.29. The monoisotopic (exact) mass is 415 g/mol. The quantitative estimate of drug-likeness (QED) is 0.672. The number of aryl methyl sites for hydroxylation is 1. The van der Waals surface area contributed by atoms with E-state index in [2.05, 4.69) is 34.5 Å². The number of rotatable bonds is 8. The molecule has 1 aromatic rings. The lowest BCUT2D eigenvalue weighted by atomic mass is 9.92. The Balaban J connectivity index is 1.64. The van der Waals surface area contributed by atoms with E-state index >= 15 is 0 Å². The van der Waals surface area contributed by atoms with Crippen molar-refractivity contribution < 1.29 is 14.3 Å². The second-order valence-corrected chi connectivity index (χ2v) is 7.84. The summed E-state index contributed by atoms with van der Waals surface area (Å²) < 4.78 is 5.49. The van der Waals surface area contributed by atoms with Gasteiger partial charge in [0.05, 0.1) is 18.9 Å². The number of hydrogen-bond acceptors (Lipinski definition) is 6. The van der Waals surface area contributed by atoms with Gasteiger partial charge >= 0.3 is 0 Å². The molecule has 2 aliphatic rings. The number of amidine groups is 1. The molecule has 2 N–H and O–H groups in total. The first kappa shape index (κ1) is 22.2. The van der Waals surface area contributed by atoms with Crippen LogP contribution in [0, 0.1) is 12.8 Å². The number of morpholine rings is 1. The van der Waals surface area contributed by atoms with Gasteiger partial charge in [0.15, 0.2) is 0 Å². The molecule has 0 radical (unpaired) electrons. The van der Waals surface area contributed by atoms with Crippen LogP contribution in [0.25, 0.3) is 0 Å². The zero-order chi connectivity index (χ0) is 21.5. The maximum atomic E-state index is 12.8. The van der Waals surface area contributed by atoms with E-state index in [0.29, 0.717) is 18.2 Å². The molecule has 8 heteroatoms. The van der Waals surface area contributed by atoms with Gasteiger partial charge in [0.1, 0.15) is 6.54 Å². The van der Waals surface area contributed by atoms with Crippen molar-refractivity contribution in [3.05, 3.63) is 29.8 Å². The van der Waals surface area contributed by atoms with Gasteiger partial charge in [0.2, 0.25) is 5.84 Å². The number of amides is 2. The number of carbonyl (C=O) groups is 2. The van der Waals surface area contributed by atoms with Crippen LogP contribution in [0.5, 0.6) is 0 Å². The van der Waals surface area contributed by atoms with Crippen LogP contribution in [0.3, 0.4) is 0 Å². The molecule has 30 heavy (non-hydrogen) atoms. The third-order valence-electron chi connectivity index (χ3n) is 5.93. The third kappa shape index (κ3) is 5.37. The molecule has 164 valence electrons. The van der Waals surface area contributed by atoms with E-state index < -0.39 is 0 Å². The van der Waals surface area contributed by atoms with E-state index in [9.17, 15) is 9.59 Å². The van der Waals surface area contributed by atoms with Crippen LogP contribution in [0.1, 0.15) is 32.3 Å². The fourth-order valence-corrected chi connectivity index (χ4v) is 4.06. The molecule has 0 aliphatic carbocycles. The van der Waals surface area contributed by atoms with Gasteiger partial charge in [-0.3, -0.25) is 24.9 Å². The first-order valence-corrected chi connectivity index (χ1v) is 10.8. The number of ether oxygens (including phenoxy) is 1. The molecule has 0 saturated carbocycles. The maximum absolute atomic E-state index is 12.8. The van der Waals surface area contributed by atoms with E-state index in [1.165, 1.54) is 5.01 Å². The first-order chi connectivity index (χ1) is 14.5. The fraction of sp³-hybridized carbons (Fsp3) is 0.591. The summed E-state index contributed by atoms with van der Waals surface area (Å²) in [5.74, 6) is 0.179. The number of aliphatic imine (C=N–C) groups is 1. The van der Waals surface area contributed by atoms with Crippen LogP contribution in [-0.4, -0.2) is 68.0 Å². The van der Waals surface area contributed by atoms with Crippen LogP contribution in [0.2, 0.25) is 0 Å². The number of hydrazine groups is 1. The summed E-state index contributed by atoms with van der Waals surface area (Å²) >= 11 is 0. The number of benzene rings is 1. The summed E-state index contributed by atoms with van der Waals surface area (Å²) in [5, 5.41) is 4.43. The summed E-state index contributed by atoms with van der Waals surface area (Å²) in [6.07, 6.45) is 2.12. The van der Waals surface area contributed by atoms with Crippen molar-refractivity contribution >= 4 is 23.3 Å².